The minimum Gasteiger partial charge on any atom is -0.317 e. The van der Waals surface area contributed by atoms with Crippen LogP contribution in [0.3, 0.4) is 0 Å². The van der Waals surface area contributed by atoms with Gasteiger partial charge in [0.1, 0.15) is 0 Å². The summed E-state index contributed by atoms with van der Waals surface area (Å²) < 4.78 is 0. The molecule has 1 aliphatic carbocycles. The first-order valence-electron chi connectivity index (χ1n) is 7.32. The monoisotopic (exact) mass is 256 g/mol. The summed E-state index contributed by atoms with van der Waals surface area (Å²) in [7, 11) is 0. The van der Waals surface area contributed by atoms with Gasteiger partial charge in [-0.1, -0.05) is 19.8 Å². The first-order chi connectivity index (χ1) is 8.29. The molecular formula is C14H28N2S. The molecule has 1 saturated carbocycles. The SMILES string of the molecule is CC1(CNCCSC2CCNCC2)CCCC1. The maximum atomic E-state index is 3.67. The zero-order valence-corrected chi connectivity index (χ0v) is 12.1. The van der Waals surface area contributed by atoms with Gasteiger partial charge in [0.05, 0.1) is 0 Å². The van der Waals surface area contributed by atoms with Crippen LogP contribution in [0.4, 0.5) is 0 Å². The average Bonchev–Trinajstić information content (AvgIpc) is 2.77. The summed E-state index contributed by atoms with van der Waals surface area (Å²) in [5.41, 5.74) is 0.611. The second-order valence-electron chi connectivity index (χ2n) is 6.01. The Morgan fingerprint density at radius 1 is 1.24 bits per heavy atom. The van der Waals surface area contributed by atoms with Gasteiger partial charge in [0.2, 0.25) is 0 Å². The molecule has 17 heavy (non-hydrogen) atoms. The smallest absolute Gasteiger partial charge is 0.00716 e. The Kier molecular flexibility index (Phi) is 5.64. The van der Waals surface area contributed by atoms with E-state index in [1.807, 2.05) is 0 Å². The van der Waals surface area contributed by atoms with Crippen LogP contribution in [0.25, 0.3) is 0 Å². The van der Waals surface area contributed by atoms with E-state index in [4.69, 9.17) is 0 Å². The van der Waals surface area contributed by atoms with Crippen molar-refractivity contribution in [3.63, 3.8) is 0 Å². The average molecular weight is 256 g/mol. The predicted octanol–water partition coefficient (Wildman–Crippen LogP) is 2.64. The molecule has 1 heterocycles. The maximum Gasteiger partial charge on any atom is 0.00716 e. The fourth-order valence-corrected chi connectivity index (χ4v) is 4.22. The van der Waals surface area contributed by atoms with Gasteiger partial charge in [0.25, 0.3) is 0 Å². The fraction of sp³-hybridized carbons (Fsp3) is 1.00. The van der Waals surface area contributed by atoms with E-state index < -0.39 is 0 Å². The molecule has 0 aromatic carbocycles. The molecule has 1 aliphatic heterocycles. The van der Waals surface area contributed by atoms with Crippen LogP contribution in [-0.2, 0) is 0 Å². The fourth-order valence-electron chi connectivity index (χ4n) is 3.06. The lowest BCUT2D eigenvalue weighted by molar-refractivity contribution is 0.319. The molecule has 3 heteroatoms. The van der Waals surface area contributed by atoms with Gasteiger partial charge in [-0.2, -0.15) is 11.8 Å². The molecule has 0 radical (unpaired) electrons. The topological polar surface area (TPSA) is 24.1 Å². The minimum atomic E-state index is 0.611. The van der Waals surface area contributed by atoms with Gasteiger partial charge in [-0.05, 0) is 44.2 Å². The number of nitrogens with one attached hydrogen (secondary N) is 2. The van der Waals surface area contributed by atoms with Crippen molar-refractivity contribution in [1.29, 1.82) is 0 Å². The van der Waals surface area contributed by atoms with E-state index in [1.165, 1.54) is 70.5 Å². The summed E-state index contributed by atoms with van der Waals surface area (Å²) in [6.07, 6.45) is 8.48. The molecule has 0 unspecified atom stereocenters. The van der Waals surface area contributed by atoms with Crippen LogP contribution in [0, 0.1) is 5.41 Å². The summed E-state index contributed by atoms with van der Waals surface area (Å²) in [5, 5.41) is 8.02. The van der Waals surface area contributed by atoms with Crippen molar-refractivity contribution < 1.29 is 0 Å². The van der Waals surface area contributed by atoms with E-state index in [0.717, 1.165) is 5.25 Å². The van der Waals surface area contributed by atoms with Gasteiger partial charge in [0.15, 0.2) is 0 Å². The Morgan fingerprint density at radius 3 is 2.65 bits per heavy atom. The highest BCUT2D eigenvalue weighted by Gasteiger charge is 2.27. The molecule has 0 aromatic heterocycles. The Labute approximate surface area is 111 Å². The van der Waals surface area contributed by atoms with Crippen molar-refractivity contribution in [2.45, 2.75) is 50.7 Å². The molecule has 100 valence electrons. The third kappa shape index (κ3) is 4.80. The molecule has 0 bridgehead atoms. The van der Waals surface area contributed by atoms with Crippen molar-refractivity contribution in [1.82, 2.24) is 10.6 Å². The van der Waals surface area contributed by atoms with Crippen molar-refractivity contribution >= 4 is 11.8 Å². The normalized spacial score (nSPS) is 25.2. The summed E-state index contributed by atoms with van der Waals surface area (Å²) >= 11 is 2.18. The number of piperidine rings is 1. The first-order valence-corrected chi connectivity index (χ1v) is 8.36. The molecule has 0 atom stereocenters. The van der Waals surface area contributed by atoms with Crippen LogP contribution >= 0.6 is 11.8 Å². The van der Waals surface area contributed by atoms with E-state index in [1.54, 1.807) is 0 Å². The summed E-state index contributed by atoms with van der Waals surface area (Å²) in [6, 6.07) is 0. The number of hydrogen-bond donors (Lipinski definition) is 2. The third-order valence-corrected chi connectivity index (χ3v) is 5.66. The summed E-state index contributed by atoms with van der Waals surface area (Å²) in [5.74, 6) is 1.29. The van der Waals surface area contributed by atoms with Gasteiger partial charge in [-0.25, -0.2) is 0 Å². The lowest BCUT2D eigenvalue weighted by Crippen LogP contribution is -2.32. The van der Waals surface area contributed by atoms with E-state index >= 15 is 0 Å². The molecule has 0 amide bonds. The highest BCUT2D eigenvalue weighted by atomic mass is 32.2. The van der Waals surface area contributed by atoms with Gasteiger partial charge in [0, 0.05) is 24.1 Å². The third-order valence-electron chi connectivity index (χ3n) is 4.28. The van der Waals surface area contributed by atoms with Gasteiger partial charge in [-0.3, -0.25) is 0 Å². The quantitative estimate of drug-likeness (QED) is 0.715. The van der Waals surface area contributed by atoms with Crippen molar-refractivity contribution in [3.8, 4) is 0 Å². The largest absolute Gasteiger partial charge is 0.317 e. The Balaban J connectivity index is 1.48. The van der Waals surface area contributed by atoms with Crippen LogP contribution in [0.15, 0.2) is 0 Å². The van der Waals surface area contributed by atoms with Crippen molar-refractivity contribution in [2.24, 2.45) is 5.41 Å². The van der Waals surface area contributed by atoms with E-state index in [2.05, 4.69) is 29.3 Å². The Bertz CT molecular complexity index is 208. The van der Waals surface area contributed by atoms with Crippen molar-refractivity contribution in [2.75, 3.05) is 31.9 Å². The van der Waals surface area contributed by atoms with E-state index in [9.17, 15) is 0 Å². The summed E-state index contributed by atoms with van der Waals surface area (Å²) in [6.45, 7) is 7.34. The van der Waals surface area contributed by atoms with E-state index in [-0.39, 0.29) is 0 Å². The highest BCUT2D eigenvalue weighted by molar-refractivity contribution is 7.99. The standard InChI is InChI=1S/C14H28N2S/c1-14(6-2-3-7-14)12-16-10-11-17-13-4-8-15-9-5-13/h13,15-16H,2-12H2,1H3. The molecular weight excluding hydrogens is 228 g/mol. The molecule has 2 fully saturated rings. The minimum absolute atomic E-state index is 0.611. The Hall–Kier alpha value is 0.270. The zero-order valence-electron chi connectivity index (χ0n) is 11.3. The highest BCUT2D eigenvalue weighted by Crippen LogP contribution is 2.36. The van der Waals surface area contributed by atoms with Crippen LogP contribution < -0.4 is 10.6 Å². The van der Waals surface area contributed by atoms with Gasteiger partial charge < -0.3 is 10.6 Å². The van der Waals surface area contributed by atoms with Crippen molar-refractivity contribution in [3.05, 3.63) is 0 Å². The molecule has 1 saturated heterocycles. The van der Waals surface area contributed by atoms with Gasteiger partial charge >= 0.3 is 0 Å². The maximum absolute atomic E-state index is 3.67. The zero-order chi connectivity index (χ0) is 12.0. The van der Waals surface area contributed by atoms with E-state index in [0.29, 0.717) is 5.41 Å². The molecule has 2 nitrogen and oxygen atoms in total. The van der Waals surface area contributed by atoms with Crippen LogP contribution in [-0.4, -0.2) is 37.2 Å². The molecule has 2 aliphatic rings. The lowest BCUT2D eigenvalue weighted by Gasteiger charge is -2.25. The first kappa shape index (κ1) is 13.7. The lowest BCUT2D eigenvalue weighted by atomic mass is 9.89. The summed E-state index contributed by atoms with van der Waals surface area (Å²) in [4.78, 5) is 0. The van der Waals surface area contributed by atoms with Crippen LogP contribution in [0.1, 0.15) is 45.4 Å². The molecule has 0 aromatic rings. The second kappa shape index (κ2) is 7.01. The molecule has 2 rings (SSSR count). The number of thioether (sulfide) groups is 1. The Morgan fingerprint density at radius 2 is 1.94 bits per heavy atom. The molecule has 0 spiro atoms. The van der Waals surface area contributed by atoms with Crippen LogP contribution in [0.5, 0.6) is 0 Å². The number of rotatable bonds is 6. The van der Waals surface area contributed by atoms with Crippen LogP contribution in [0.2, 0.25) is 0 Å². The van der Waals surface area contributed by atoms with Gasteiger partial charge in [-0.15, -0.1) is 0 Å². The predicted molar refractivity (Wildman–Crippen MR) is 77.8 cm³/mol. The second-order valence-corrected chi connectivity index (χ2v) is 7.42. The number of hydrogen-bond acceptors (Lipinski definition) is 3. The molecule has 2 N–H and O–H groups in total.